The van der Waals surface area contributed by atoms with E-state index in [9.17, 15) is 9.59 Å². The molecule has 1 aromatic rings. The SMILES string of the molecule is COC(=O)C1COCCN1C(=O)c1ccc(Cl)cc1OC. The lowest BCUT2D eigenvalue weighted by atomic mass is 10.1. The van der Waals surface area contributed by atoms with Gasteiger partial charge in [0.05, 0.1) is 33.0 Å². The van der Waals surface area contributed by atoms with Gasteiger partial charge in [0.15, 0.2) is 6.04 Å². The summed E-state index contributed by atoms with van der Waals surface area (Å²) in [6.07, 6.45) is 0. The fourth-order valence-electron chi connectivity index (χ4n) is 2.17. The van der Waals surface area contributed by atoms with Crippen LogP contribution in [0.1, 0.15) is 10.4 Å². The standard InChI is InChI=1S/C14H16ClNO5/c1-19-12-7-9(15)3-4-10(12)13(17)16-5-6-21-8-11(16)14(18)20-2/h3-4,7,11H,5-6,8H2,1-2H3. The monoisotopic (exact) mass is 313 g/mol. The number of benzene rings is 1. The van der Waals surface area contributed by atoms with Crippen LogP contribution in [-0.4, -0.2) is 56.8 Å². The maximum absolute atomic E-state index is 12.7. The number of hydrogen-bond donors (Lipinski definition) is 0. The third kappa shape index (κ3) is 3.28. The van der Waals surface area contributed by atoms with Gasteiger partial charge >= 0.3 is 5.97 Å². The summed E-state index contributed by atoms with van der Waals surface area (Å²) < 4.78 is 15.1. The number of methoxy groups -OCH3 is 2. The van der Waals surface area contributed by atoms with Crippen molar-refractivity contribution in [2.45, 2.75) is 6.04 Å². The molecule has 0 N–H and O–H groups in total. The van der Waals surface area contributed by atoms with E-state index >= 15 is 0 Å². The third-order valence-electron chi connectivity index (χ3n) is 3.26. The van der Waals surface area contributed by atoms with Gasteiger partial charge in [-0.1, -0.05) is 11.6 Å². The molecule has 1 aliphatic heterocycles. The molecular formula is C14H16ClNO5. The lowest BCUT2D eigenvalue weighted by Gasteiger charge is -2.33. The topological polar surface area (TPSA) is 65.1 Å². The lowest BCUT2D eigenvalue weighted by Crippen LogP contribution is -2.53. The highest BCUT2D eigenvalue weighted by Gasteiger charge is 2.35. The van der Waals surface area contributed by atoms with E-state index in [4.69, 9.17) is 25.8 Å². The fraction of sp³-hybridized carbons (Fsp3) is 0.429. The Kier molecular flexibility index (Phi) is 5.03. The number of carbonyl (C=O) groups excluding carboxylic acids is 2. The van der Waals surface area contributed by atoms with E-state index in [0.29, 0.717) is 29.5 Å². The van der Waals surface area contributed by atoms with Crippen molar-refractivity contribution in [1.82, 2.24) is 4.90 Å². The van der Waals surface area contributed by atoms with Crippen LogP contribution >= 0.6 is 11.6 Å². The molecular weight excluding hydrogens is 298 g/mol. The summed E-state index contributed by atoms with van der Waals surface area (Å²) in [4.78, 5) is 25.9. The highest BCUT2D eigenvalue weighted by molar-refractivity contribution is 6.30. The van der Waals surface area contributed by atoms with Crippen molar-refractivity contribution in [3.05, 3.63) is 28.8 Å². The molecule has 0 spiro atoms. The van der Waals surface area contributed by atoms with Crippen LogP contribution in [0.5, 0.6) is 5.75 Å². The zero-order valence-electron chi connectivity index (χ0n) is 11.8. The van der Waals surface area contributed by atoms with Gasteiger partial charge in [-0.15, -0.1) is 0 Å². The van der Waals surface area contributed by atoms with E-state index in [1.165, 1.54) is 19.1 Å². The summed E-state index contributed by atoms with van der Waals surface area (Å²) in [5.41, 5.74) is 0.345. The Bertz CT molecular complexity index is 548. The molecule has 1 amide bonds. The maximum Gasteiger partial charge on any atom is 0.331 e. The van der Waals surface area contributed by atoms with Gasteiger partial charge in [0, 0.05) is 11.6 Å². The molecule has 1 atom stereocenters. The number of carbonyl (C=O) groups is 2. The number of ether oxygens (including phenoxy) is 3. The van der Waals surface area contributed by atoms with Crippen LogP contribution in [0.25, 0.3) is 0 Å². The molecule has 6 nitrogen and oxygen atoms in total. The van der Waals surface area contributed by atoms with Crippen molar-refractivity contribution in [2.24, 2.45) is 0 Å². The molecule has 21 heavy (non-hydrogen) atoms. The minimum atomic E-state index is -0.753. The third-order valence-corrected chi connectivity index (χ3v) is 3.49. The van der Waals surface area contributed by atoms with Crippen LogP contribution in [0.15, 0.2) is 18.2 Å². The summed E-state index contributed by atoms with van der Waals surface area (Å²) in [6.45, 7) is 0.799. The normalized spacial score (nSPS) is 18.2. The van der Waals surface area contributed by atoms with Crippen molar-refractivity contribution >= 4 is 23.5 Å². The second-order valence-corrected chi connectivity index (χ2v) is 4.89. The number of amides is 1. The summed E-state index contributed by atoms with van der Waals surface area (Å²) >= 11 is 5.89. The summed E-state index contributed by atoms with van der Waals surface area (Å²) in [7, 11) is 2.74. The second-order valence-electron chi connectivity index (χ2n) is 4.46. The van der Waals surface area contributed by atoms with E-state index in [2.05, 4.69) is 0 Å². The quantitative estimate of drug-likeness (QED) is 0.788. The van der Waals surface area contributed by atoms with Crippen molar-refractivity contribution < 1.29 is 23.8 Å². The Balaban J connectivity index is 2.31. The zero-order chi connectivity index (χ0) is 15.4. The minimum Gasteiger partial charge on any atom is -0.496 e. The Labute approximate surface area is 127 Å². The van der Waals surface area contributed by atoms with Gasteiger partial charge in [-0.2, -0.15) is 0 Å². The predicted octanol–water partition coefficient (Wildman–Crippen LogP) is 1.36. The number of esters is 1. The molecule has 2 rings (SSSR count). The molecule has 0 aliphatic carbocycles. The predicted molar refractivity (Wildman–Crippen MR) is 75.7 cm³/mol. The molecule has 0 bridgehead atoms. The van der Waals surface area contributed by atoms with E-state index in [0.717, 1.165) is 0 Å². The van der Waals surface area contributed by atoms with E-state index < -0.39 is 12.0 Å². The summed E-state index contributed by atoms with van der Waals surface area (Å²) in [6, 6.07) is 3.98. The average molecular weight is 314 g/mol. The zero-order valence-corrected chi connectivity index (χ0v) is 12.6. The Hall–Kier alpha value is -1.79. The molecule has 0 saturated carbocycles. The molecule has 0 aromatic heterocycles. The first kappa shape index (κ1) is 15.6. The van der Waals surface area contributed by atoms with Gasteiger partial charge in [-0.3, -0.25) is 4.79 Å². The number of nitrogens with zero attached hydrogens (tertiary/aromatic N) is 1. The minimum absolute atomic E-state index is 0.119. The van der Waals surface area contributed by atoms with Crippen LogP contribution < -0.4 is 4.74 Å². The first-order chi connectivity index (χ1) is 10.1. The van der Waals surface area contributed by atoms with Crippen LogP contribution in [-0.2, 0) is 14.3 Å². The molecule has 1 aromatic carbocycles. The van der Waals surface area contributed by atoms with Gasteiger partial charge in [0.1, 0.15) is 5.75 Å². The van der Waals surface area contributed by atoms with Gasteiger partial charge < -0.3 is 19.1 Å². The van der Waals surface area contributed by atoms with Crippen molar-refractivity contribution in [1.29, 1.82) is 0 Å². The first-order valence-electron chi connectivity index (χ1n) is 6.38. The van der Waals surface area contributed by atoms with Crippen molar-refractivity contribution in [3.8, 4) is 5.75 Å². The van der Waals surface area contributed by atoms with Crippen molar-refractivity contribution in [3.63, 3.8) is 0 Å². The molecule has 0 radical (unpaired) electrons. The second kappa shape index (κ2) is 6.78. The van der Waals surface area contributed by atoms with E-state index in [1.807, 2.05) is 0 Å². The highest BCUT2D eigenvalue weighted by atomic mass is 35.5. The number of hydrogen-bond acceptors (Lipinski definition) is 5. The Morgan fingerprint density at radius 2 is 2.14 bits per heavy atom. The number of rotatable bonds is 3. The Morgan fingerprint density at radius 3 is 2.81 bits per heavy atom. The Morgan fingerprint density at radius 1 is 1.38 bits per heavy atom. The van der Waals surface area contributed by atoms with Crippen LogP contribution in [0, 0.1) is 0 Å². The van der Waals surface area contributed by atoms with Gasteiger partial charge in [0.2, 0.25) is 0 Å². The van der Waals surface area contributed by atoms with Gasteiger partial charge in [-0.25, -0.2) is 4.79 Å². The largest absolute Gasteiger partial charge is 0.496 e. The molecule has 1 unspecified atom stereocenters. The highest BCUT2D eigenvalue weighted by Crippen LogP contribution is 2.25. The average Bonchev–Trinajstić information content (AvgIpc) is 2.53. The first-order valence-corrected chi connectivity index (χ1v) is 6.76. The van der Waals surface area contributed by atoms with E-state index in [1.54, 1.807) is 18.2 Å². The fourth-order valence-corrected chi connectivity index (χ4v) is 2.34. The smallest absolute Gasteiger partial charge is 0.331 e. The molecule has 1 fully saturated rings. The van der Waals surface area contributed by atoms with E-state index in [-0.39, 0.29) is 12.5 Å². The summed E-state index contributed by atoms with van der Waals surface area (Å²) in [5.74, 6) is -0.458. The van der Waals surface area contributed by atoms with Crippen LogP contribution in [0.2, 0.25) is 5.02 Å². The van der Waals surface area contributed by atoms with Crippen LogP contribution in [0.4, 0.5) is 0 Å². The lowest BCUT2D eigenvalue weighted by molar-refractivity contribution is -0.151. The molecule has 1 saturated heterocycles. The van der Waals surface area contributed by atoms with Gasteiger partial charge in [0.25, 0.3) is 5.91 Å². The molecule has 114 valence electrons. The molecule has 1 heterocycles. The molecule has 1 aliphatic rings. The maximum atomic E-state index is 12.7. The van der Waals surface area contributed by atoms with Crippen molar-refractivity contribution in [2.75, 3.05) is 34.0 Å². The van der Waals surface area contributed by atoms with Crippen LogP contribution in [0.3, 0.4) is 0 Å². The summed E-state index contributed by atoms with van der Waals surface area (Å²) in [5, 5.41) is 0.467. The number of morpholine rings is 1. The molecule has 7 heteroatoms. The number of halogens is 1. The van der Waals surface area contributed by atoms with Gasteiger partial charge in [-0.05, 0) is 18.2 Å².